The number of carbonyl (C=O) groups is 6. The average molecular weight is 1070 g/mol. The van der Waals surface area contributed by atoms with Gasteiger partial charge in [-0.2, -0.15) is 0 Å². The zero-order chi connectivity index (χ0) is 56.1. The maximum absolute atomic E-state index is 14.6. The maximum atomic E-state index is 14.6. The van der Waals surface area contributed by atoms with Crippen LogP contribution in [0.25, 0.3) is 0 Å². The minimum absolute atomic E-state index is 0.00948. The third kappa shape index (κ3) is 18.9. The van der Waals surface area contributed by atoms with Gasteiger partial charge in [0.2, 0.25) is 5.79 Å². The Morgan fingerprint density at radius 2 is 1.53 bits per heavy atom. The number of piperidine rings is 1. The number of rotatable bonds is 15. The lowest BCUT2D eigenvalue weighted by Crippen LogP contribution is -2.61. The molecule has 15 nitrogen and oxygen atoms in total. The minimum Gasteiger partial charge on any atom is -0.460 e. The van der Waals surface area contributed by atoms with Crippen molar-refractivity contribution >= 4 is 35.2 Å². The zero-order valence-corrected chi connectivity index (χ0v) is 48.1. The lowest BCUT2D eigenvalue weighted by molar-refractivity contribution is -0.265. The Hall–Kier alpha value is -3.86. The average Bonchev–Trinajstić information content (AvgIpc) is 3.40. The molecule has 0 spiro atoms. The first-order chi connectivity index (χ1) is 36.2. The summed E-state index contributed by atoms with van der Waals surface area (Å²) in [5.74, 6) is -8.36. The summed E-state index contributed by atoms with van der Waals surface area (Å²) in [7, 11) is 4.58. The molecule has 0 unspecified atom stereocenters. The van der Waals surface area contributed by atoms with E-state index in [-0.39, 0.29) is 66.9 Å². The van der Waals surface area contributed by atoms with Crippen LogP contribution >= 0.6 is 0 Å². The second-order valence-corrected chi connectivity index (χ2v) is 22.9. The van der Waals surface area contributed by atoms with Crippen LogP contribution in [0.1, 0.15) is 184 Å². The third-order valence-corrected chi connectivity index (χ3v) is 16.7. The second kappa shape index (κ2) is 32.3. The first-order valence-corrected chi connectivity index (χ1v) is 28.9. The van der Waals surface area contributed by atoms with Crippen molar-refractivity contribution < 1.29 is 67.4 Å². The summed E-state index contributed by atoms with van der Waals surface area (Å²) < 4.78 is 35.9. The van der Waals surface area contributed by atoms with E-state index < -0.39 is 77.8 Å². The number of esters is 2. The normalized spacial score (nSPS) is 36.2. The molecule has 1 aliphatic carbocycles. The number of aliphatic hydroxyl groups excluding tert-OH is 1. The van der Waals surface area contributed by atoms with Crippen LogP contribution in [0.2, 0.25) is 0 Å². The number of fused-ring (bicyclic) bond motifs is 3. The molecule has 0 aromatic carbocycles. The smallest absolute Gasteiger partial charge is 0.329 e. The Balaban J connectivity index is 1.63. The lowest BCUT2D eigenvalue weighted by atomic mass is 9.78. The van der Waals surface area contributed by atoms with E-state index in [1.807, 2.05) is 58.1 Å². The van der Waals surface area contributed by atoms with E-state index in [4.69, 9.17) is 28.4 Å². The highest BCUT2D eigenvalue weighted by atomic mass is 16.6. The van der Waals surface area contributed by atoms with E-state index in [1.54, 1.807) is 41.1 Å². The van der Waals surface area contributed by atoms with Crippen molar-refractivity contribution in [2.45, 2.75) is 238 Å². The highest BCUT2D eigenvalue weighted by Gasteiger charge is 2.53. The maximum Gasteiger partial charge on any atom is 0.329 e. The van der Waals surface area contributed by atoms with Gasteiger partial charge >= 0.3 is 11.9 Å². The van der Waals surface area contributed by atoms with Gasteiger partial charge in [-0.15, -0.1) is 0 Å². The molecule has 2 bridgehead atoms. The van der Waals surface area contributed by atoms with Crippen LogP contribution in [0.4, 0.5) is 0 Å². The van der Waals surface area contributed by atoms with Crippen molar-refractivity contribution in [3.63, 3.8) is 0 Å². The Labute approximate surface area is 455 Å². The summed E-state index contributed by atoms with van der Waals surface area (Å²) >= 11 is 0. The predicted octanol–water partition coefficient (Wildman–Crippen LogP) is 9.87. The molecule has 0 aromatic heterocycles. The Kier molecular flexibility index (Phi) is 27.5. The Morgan fingerprint density at radius 3 is 2.21 bits per heavy atom. The van der Waals surface area contributed by atoms with Crippen LogP contribution in [-0.4, -0.2) is 133 Å². The number of nitrogens with zero attached hydrogens (tertiary/aromatic N) is 1. The molecule has 1 amide bonds. The fraction of sp³-hybridized carbons (Fsp3) is 0.770. The molecule has 3 heterocycles. The van der Waals surface area contributed by atoms with E-state index in [0.29, 0.717) is 69.8 Å². The number of unbranched alkanes of at least 4 members (excludes halogenated alkanes) is 6. The molecule has 0 radical (unpaired) electrons. The molecule has 76 heavy (non-hydrogen) atoms. The van der Waals surface area contributed by atoms with Gasteiger partial charge in [0, 0.05) is 64.9 Å². The van der Waals surface area contributed by atoms with Crippen molar-refractivity contribution in [2.24, 2.45) is 35.5 Å². The van der Waals surface area contributed by atoms with Crippen LogP contribution in [0, 0.1) is 35.5 Å². The van der Waals surface area contributed by atoms with E-state index in [1.165, 1.54) is 37.7 Å². The fourth-order valence-corrected chi connectivity index (χ4v) is 11.7. The number of hydrogen-bond acceptors (Lipinski definition) is 14. The highest BCUT2D eigenvalue weighted by Crippen LogP contribution is 2.38. The number of allylic oxidation sites excluding steroid dienone is 6. The SMILES string of the molecule is CCCCCCCCCC(=O)O[C@@H]1CC[C@@H](C[C@@H](C)[C@@H]2CC(=O)[C@H](C)/C=C(\C)[C@@H](O)[C@@H](OC)C(=O)[C@H](C)C[C@H](C)/C=C/C=C/C=C(\C)[C@@H](OC)C[C@@H]3CC[C@@H](C)[C@@](O)(O3)C(=O)C(=O)N3CCCC[C@H]3C(=O)O2)C[C@H]1OC. The number of hydrogen-bond donors (Lipinski definition) is 2. The molecule has 2 saturated heterocycles. The molecule has 3 aliphatic heterocycles. The van der Waals surface area contributed by atoms with Crippen LogP contribution in [0.5, 0.6) is 0 Å². The molecule has 1 saturated carbocycles. The summed E-state index contributed by atoms with van der Waals surface area (Å²) in [6.45, 7) is 15.0. The second-order valence-electron chi connectivity index (χ2n) is 22.9. The first-order valence-electron chi connectivity index (χ1n) is 28.9. The number of cyclic esters (lactones) is 1. The first kappa shape index (κ1) is 64.7. The number of amides is 1. The molecular weight excluding hydrogens is 971 g/mol. The minimum atomic E-state index is -2.44. The van der Waals surface area contributed by atoms with E-state index in [9.17, 15) is 39.0 Å². The highest BCUT2D eigenvalue weighted by molar-refractivity contribution is 6.39. The molecule has 4 aliphatic rings. The number of Topliss-reactive ketones (excluding diaryl/α,β-unsaturated/α-hetero) is 3. The van der Waals surface area contributed by atoms with Gasteiger partial charge in [-0.05, 0) is 113 Å². The standard InChI is InChI=1S/C61H97NO14/c1-12-13-14-15-16-17-21-27-54(64)74-50-31-29-46(36-53(50)72-10)35-42(5)52-38-49(63)41(4)34-44(7)56(66)57(73-11)55(65)43(6)33-39(2)24-19-18-20-25-40(3)51(71-9)37-47-30-28-45(8)61(70,76-47)58(67)59(68)62-32-23-22-26-48(62)60(69)75-52/h18-20,24-25,34,39,41-43,45-48,50-53,56-57,66,70H,12-17,21-23,26-33,35-38H2,1-11H3/b20-18+,24-19+,40-25+,44-34+/t39-,41-,42-,43-,45-,46+,47+,48+,50-,51+,52+,53-,56-,57+,61-/m1/s1. The molecule has 15 atom stereocenters. The number of ketones is 3. The summed E-state index contributed by atoms with van der Waals surface area (Å²) in [6.07, 6.45) is 19.3. The van der Waals surface area contributed by atoms with Crippen molar-refractivity contribution in [2.75, 3.05) is 27.9 Å². The predicted molar refractivity (Wildman–Crippen MR) is 292 cm³/mol. The fourth-order valence-electron chi connectivity index (χ4n) is 11.7. The van der Waals surface area contributed by atoms with Gasteiger partial charge < -0.3 is 43.5 Å². The van der Waals surface area contributed by atoms with Crippen LogP contribution in [0.3, 0.4) is 0 Å². The van der Waals surface area contributed by atoms with Gasteiger partial charge in [-0.25, -0.2) is 4.79 Å². The van der Waals surface area contributed by atoms with Crippen molar-refractivity contribution in [1.29, 1.82) is 0 Å². The Bertz CT molecular complexity index is 2010. The van der Waals surface area contributed by atoms with Crippen molar-refractivity contribution in [1.82, 2.24) is 4.90 Å². The Morgan fingerprint density at radius 1 is 0.816 bits per heavy atom. The topological polar surface area (TPSA) is 201 Å². The van der Waals surface area contributed by atoms with Crippen LogP contribution in [-0.2, 0) is 57.2 Å². The number of carbonyl (C=O) groups excluding carboxylic acids is 6. The monoisotopic (exact) mass is 1070 g/mol. The number of methoxy groups -OCH3 is 3. The van der Waals surface area contributed by atoms with Crippen molar-refractivity contribution in [3.05, 3.63) is 47.6 Å². The molecule has 2 N–H and O–H groups in total. The van der Waals surface area contributed by atoms with Gasteiger partial charge in [0.15, 0.2) is 5.78 Å². The molecule has 3 fully saturated rings. The van der Waals surface area contributed by atoms with Gasteiger partial charge in [0.1, 0.15) is 36.2 Å². The van der Waals surface area contributed by atoms with Gasteiger partial charge in [0.05, 0.1) is 18.3 Å². The largest absolute Gasteiger partial charge is 0.460 e. The third-order valence-electron chi connectivity index (χ3n) is 16.7. The molecular formula is C61H97NO14. The molecule has 15 heteroatoms. The lowest BCUT2D eigenvalue weighted by Gasteiger charge is -2.42. The molecule has 4 rings (SSSR count). The van der Waals surface area contributed by atoms with Crippen LogP contribution in [0.15, 0.2) is 47.6 Å². The zero-order valence-electron chi connectivity index (χ0n) is 48.1. The van der Waals surface area contributed by atoms with Gasteiger partial charge in [-0.1, -0.05) is 117 Å². The van der Waals surface area contributed by atoms with Crippen molar-refractivity contribution in [3.8, 4) is 0 Å². The molecule has 430 valence electrons. The van der Waals surface area contributed by atoms with Gasteiger partial charge in [0.25, 0.3) is 11.7 Å². The van der Waals surface area contributed by atoms with Crippen LogP contribution < -0.4 is 0 Å². The van der Waals surface area contributed by atoms with E-state index in [0.717, 1.165) is 31.3 Å². The van der Waals surface area contributed by atoms with E-state index >= 15 is 0 Å². The van der Waals surface area contributed by atoms with Gasteiger partial charge in [-0.3, -0.25) is 24.0 Å². The molecule has 0 aromatic rings. The quantitative estimate of drug-likeness (QED) is 0.0679. The van der Waals surface area contributed by atoms with E-state index in [2.05, 4.69) is 6.92 Å². The summed E-state index contributed by atoms with van der Waals surface area (Å²) in [6, 6.07) is -1.16. The summed E-state index contributed by atoms with van der Waals surface area (Å²) in [5, 5.41) is 23.6. The summed E-state index contributed by atoms with van der Waals surface area (Å²) in [5.41, 5.74) is 1.26. The summed E-state index contributed by atoms with van der Waals surface area (Å²) in [4.78, 5) is 85.6. The number of aliphatic hydroxyl groups is 2. The number of ether oxygens (including phenoxy) is 6.